The van der Waals surface area contributed by atoms with Crippen LogP contribution in [0.4, 0.5) is 4.39 Å². The first-order chi connectivity index (χ1) is 8.56. The molecule has 0 bridgehead atoms. The van der Waals surface area contributed by atoms with Gasteiger partial charge in [0.15, 0.2) is 5.82 Å². The highest BCUT2D eigenvalue weighted by molar-refractivity contribution is 6.49. The van der Waals surface area contributed by atoms with Crippen LogP contribution in [0.3, 0.4) is 0 Å². The molecule has 0 aliphatic heterocycles. The Hall–Kier alpha value is -1.03. The Morgan fingerprint density at radius 2 is 1.78 bits per heavy atom. The molecule has 0 fully saturated rings. The number of hydrogen-bond donors (Lipinski definition) is 0. The van der Waals surface area contributed by atoms with Crippen molar-refractivity contribution in [1.82, 2.24) is 4.98 Å². The molecule has 2 aromatic rings. The van der Waals surface area contributed by atoms with Crippen molar-refractivity contribution in [3.63, 3.8) is 0 Å². The number of benzene rings is 1. The van der Waals surface area contributed by atoms with Gasteiger partial charge < -0.3 is 4.74 Å². The van der Waals surface area contributed by atoms with Crippen LogP contribution < -0.4 is 4.74 Å². The molecule has 6 heteroatoms. The van der Waals surface area contributed by atoms with Gasteiger partial charge in [0.05, 0.1) is 22.2 Å². The van der Waals surface area contributed by atoms with Gasteiger partial charge in [-0.3, -0.25) is 0 Å². The van der Waals surface area contributed by atoms with Gasteiger partial charge in [-0.15, -0.1) is 0 Å². The summed E-state index contributed by atoms with van der Waals surface area (Å²) >= 11 is 17.8. The summed E-state index contributed by atoms with van der Waals surface area (Å²) in [7, 11) is 1.34. The number of aromatic nitrogens is 1. The number of ether oxygens (including phenoxy) is 1. The van der Waals surface area contributed by atoms with E-state index in [9.17, 15) is 4.39 Å². The van der Waals surface area contributed by atoms with Crippen LogP contribution in [0.25, 0.3) is 11.1 Å². The summed E-state index contributed by atoms with van der Waals surface area (Å²) in [6, 6.07) is 4.63. The molecule has 1 aromatic heterocycles. The molecule has 0 radical (unpaired) electrons. The first-order valence-corrected chi connectivity index (χ1v) is 6.02. The Balaban J connectivity index is 2.66. The van der Waals surface area contributed by atoms with Crippen molar-refractivity contribution in [3.8, 4) is 17.0 Å². The lowest BCUT2D eigenvalue weighted by Gasteiger charge is -2.10. The van der Waals surface area contributed by atoms with Crippen LogP contribution in [-0.4, -0.2) is 12.1 Å². The van der Waals surface area contributed by atoms with E-state index < -0.39 is 5.82 Å². The lowest BCUT2D eigenvalue weighted by atomic mass is 10.1. The zero-order chi connectivity index (χ0) is 13.3. The second-order valence-electron chi connectivity index (χ2n) is 3.40. The maximum atomic E-state index is 14.0. The Labute approximate surface area is 118 Å². The fourth-order valence-corrected chi connectivity index (χ4v) is 2.15. The molecule has 0 aliphatic rings. The number of pyridine rings is 1. The van der Waals surface area contributed by atoms with Gasteiger partial charge in [-0.25, -0.2) is 9.37 Å². The van der Waals surface area contributed by atoms with E-state index in [2.05, 4.69) is 4.98 Å². The Kier molecular flexibility index (Phi) is 3.95. The van der Waals surface area contributed by atoms with E-state index in [4.69, 9.17) is 39.5 Å². The van der Waals surface area contributed by atoms with E-state index in [1.54, 1.807) is 12.1 Å². The van der Waals surface area contributed by atoms with E-state index in [-0.39, 0.29) is 21.5 Å². The van der Waals surface area contributed by atoms with Crippen molar-refractivity contribution in [1.29, 1.82) is 0 Å². The van der Waals surface area contributed by atoms with Gasteiger partial charge in [-0.1, -0.05) is 40.9 Å². The third kappa shape index (κ3) is 2.26. The summed E-state index contributed by atoms with van der Waals surface area (Å²) in [5.74, 6) is -0.699. The number of halogens is 4. The van der Waals surface area contributed by atoms with Gasteiger partial charge in [0, 0.05) is 17.3 Å². The highest BCUT2D eigenvalue weighted by Crippen LogP contribution is 2.39. The minimum absolute atomic E-state index is 0.102. The van der Waals surface area contributed by atoms with Crippen LogP contribution in [0, 0.1) is 5.82 Å². The van der Waals surface area contributed by atoms with Gasteiger partial charge in [-0.2, -0.15) is 0 Å². The maximum Gasteiger partial charge on any atom is 0.250 e. The molecule has 0 aliphatic carbocycles. The summed E-state index contributed by atoms with van der Waals surface area (Å²) in [5.41, 5.74) is 0.690. The van der Waals surface area contributed by atoms with Crippen molar-refractivity contribution in [3.05, 3.63) is 45.3 Å². The molecular formula is C12H7Cl3FNO. The lowest BCUT2D eigenvalue weighted by molar-refractivity contribution is 0.370. The summed E-state index contributed by atoms with van der Waals surface area (Å²) in [4.78, 5) is 3.75. The third-order valence-electron chi connectivity index (χ3n) is 2.38. The van der Waals surface area contributed by atoms with Gasteiger partial charge in [0.1, 0.15) is 0 Å². The SMILES string of the molecule is COc1nccc(-c2ccc(Cl)c(Cl)c2Cl)c1F. The zero-order valence-corrected chi connectivity index (χ0v) is 11.4. The van der Waals surface area contributed by atoms with Crippen LogP contribution in [0.1, 0.15) is 0 Å². The molecule has 0 atom stereocenters. The molecule has 94 valence electrons. The van der Waals surface area contributed by atoms with Crippen LogP contribution in [0.5, 0.6) is 5.88 Å². The Morgan fingerprint density at radius 3 is 2.44 bits per heavy atom. The predicted molar refractivity (Wildman–Crippen MR) is 71.2 cm³/mol. The van der Waals surface area contributed by atoms with Crippen LogP contribution in [0.15, 0.2) is 24.4 Å². The number of hydrogen-bond acceptors (Lipinski definition) is 2. The quantitative estimate of drug-likeness (QED) is 0.739. The molecule has 0 saturated heterocycles. The largest absolute Gasteiger partial charge is 0.479 e. The summed E-state index contributed by atoms with van der Waals surface area (Å²) < 4.78 is 18.9. The summed E-state index contributed by atoms with van der Waals surface area (Å²) in [6.45, 7) is 0. The van der Waals surface area contributed by atoms with Crippen LogP contribution in [0.2, 0.25) is 15.1 Å². The zero-order valence-electron chi connectivity index (χ0n) is 9.18. The molecule has 0 amide bonds. The average molecular weight is 307 g/mol. The van der Waals surface area contributed by atoms with E-state index >= 15 is 0 Å². The van der Waals surface area contributed by atoms with Crippen molar-refractivity contribution in [2.24, 2.45) is 0 Å². The predicted octanol–water partition coefficient (Wildman–Crippen LogP) is 4.86. The third-order valence-corrected chi connectivity index (χ3v) is 3.67. The van der Waals surface area contributed by atoms with E-state index in [0.717, 1.165) is 0 Å². The second kappa shape index (κ2) is 5.31. The minimum atomic E-state index is -0.597. The number of rotatable bonds is 2. The standard InChI is InChI=1S/C12H7Cl3FNO/c1-18-12-11(16)7(4-5-17-12)6-2-3-8(13)10(15)9(6)14/h2-5H,1H3. The smallest absolute Gasteiger partial charge is 0.250 e. The molecule has 0 N–H and O–H groups in total. The van der Waals surface area contributed by atoms with Crippen molar-refractivity contribution < 1.29 is 9.13 Å². The Bertz CT molecular complexity index is 604. The van der Waals surface area contributed by atoms with Crippen molar-refractivity contribution in [2.45, 2.75) is 0 Å². The van der Waals surface area contributed by atoms with Gasteiger partial charge in [0.2, 0.25) is 0 Å². The fraction of sp³-hybridized carbons (Fsp3) is 0.0833. The van der Waals surface area contributed by atoms with E-state index in [0.29, 0.717) is 10.6 Å². The normalized spacial score (nSPS) is 10.5. The van der Waals surface area contributed by atoms with Gasteiger partial charge >= 0.3 is 0 Å². The molecular weight excluding hydrogens is 299 g/mol. The number of methoxy groups -OCH3 is 1. The lowest BCUT2D eigenvalue weighted by Crippen LogP contribution is -1.95. The molecule has 2 rings (SSSR count). The monoisotopic (exact) mass is 305 g/mol. The molecule has 0 saturated carbocycles. The molecule has 18 heavy (non-hydrogen) atoms. The average Bonchev–Trinajstić information content (AvgIpc) is 2.37. The number of nitrogens with zero attached hydrogens (tertiary/aromatic N) is 1. The maximum absolute atomic E-state index is 14.0. The highest BCUT2D eigenvalue weighted by atomic mass is 35.5. The summed E-state index contributed by atoms with van der Waals surface area (Å²) in [6.07, 6.45) is 1.43. The van der Waals surface area contributed by atoms with Gasteiger partial charge in [0.25, 0.3) is 5.88 Å². The first-order valence-electron chi connectivity index (χ1n) is 4.88. The van der Waals surface area contributed by atoms with Crippen molar-refractivity contribution >= 4 is 34.8 Å². The molecule has 2 nitrogen and oxygen atoms in total. The highest BCUT2D eigenvalue weighted by Gasteiger charge is 2.16. The topological polar surface area (TPSA) is 22.1 Å². The van der Waals surface area contributed by atoms with Gasteiger partial charge in [-0.05, 0) is 12.1 Å². The van der Waals surface area contributed by atoms with E-state index in [1.807, 2.05) is 0 Å². The van der Waals surface area contributed by atoms with E-state index in [1.165, 1.54) is 19.4 Å². The minimum Gasteiger partial charge on any atom is -0.479 e. The molecule has 1 aromatic carbocycles. The second-order valence-corrected chi connectivity index (χ2v) is 4.57. The molecule has 0 spiro atoms. The Morgan fingerprint density at radius 1 is 1.06 bits per heavy atom. The van der Waals surface area contributed by atoms with Crippen LogP contribution >= 0.6 is 34.8 Å². The molecule has 0 unspecified atom stereocenters. The van der Waals surface area contributed by atoms with Crippen LogP contribution in [-0.2, 0) is 0 Å². The first kappa shape index (κ1) is 13.4. The fourth-order valence-electron chi connectivity index (χ4n) is 1.51. The molecule has 1 heterocycles. The summed E-state index contributed by atoms with van der Waals surface area (Å²) in [5, 5.41) is 0.689. The van der Waals surface area contributed by atoms with Crippen molar-refractivity contribution in [2.75, 3.05) is 7.11 Å².